The van der Waals surface area contributed by atoms with Crippen molar-refractivity contribution in [1.29, 1.82) is 0 Å². The van der Waals surface area contributed by atoms with Gasteiger partial charge in [0, 0.05) is 28.6 Å². The van der Waals surface area contributed by atoms with Crippen molar-refractivity contribution >= 4 is 28.4 Å². The summed E-state index contributed by atoms with van der Waals surface area (Å²) in [5, 5.41) is 9.56. The molecule has 32 heavy (non-hydrogen) atoms. The van der Waals surface area contributed by atoms with Crippen LogP contribution in [0.3, 0.4) is 0 Å². The first-order chi connectivity index (χ1) is 15.5. The van der Waals surface area contributed by atoms with Gasteiger partial charge >= 0.3 is 0 Å². The van der Waals surface area contributed by atoms with Gasteiger partial charge in [0.25, 0.3) is 0 Å². The molecule has 1 aliphatic carbocycles. The third kappa shape index (κ3) is 5.16. The zero-order valence-electron chi connectivity index (χ0n) is 19.1. The van der Waals surface area contributed by atoms with Crippen molar-refractivity contribution in [1.82, 2.24) is 20.0 Å². The molecule has 1 amide bonds. The lowest BCUT2D eigenvalue weighted by molar-refractivity contribution is -0.124. The highest BCUT2D eigenvalue weighted by Gasteiger charge is 2.22. The van der Waals surface area contributed by atoms with Crippen LogP contribution in [0.4, 0.5) is 0 Å². The first-order valence-corrected chi connectivity index (χ1v) is 12.1. The maximum Gasteiger partial charge on any atom is 0.244 e. The fraction of sp³-hybridized carbons (Fsp3) is 0.462. The summed E-state index contributed by atoms with van der Waals surface area (Å²) in [6.07, 6.45) is 7.63. The molecule has 1 aliphatic rings. The molecule has 1 heterocycles. The Labute approximate surface area is 195 Å². The standard InChI is InChI=1S/C26H33ClN4O/c1-19(26(32)28-16-9-17-30(2)22-12-7-4-8-13-22)31-24-15-14-21(27)18-23(24)25(29-31)20-10-5-3-6-11-20/h3,5-6,10-11,14-15,18-19,22H,4,7-9,12-13,16-17H2,1-2H3,(H,28,32)/t19-/m1/s1. The molecule has 0 saturated heterocycles. The second-order valence-electron chi connectivity index (χ2n) is 8.91. The van der Waals surface area contributed by atoms with Crippen molar-refractivity contribution in [2.75, 3.05) is 20.1 Å². The highest BCUT2D eigenvalue weighted by Crippen LogP contribution is 2.31. The summed E-state index contributed by atoms with van der Waals surface area (Å²) in [6, 6.07) is 16.0. The van der Waals surface area contributed by atoms with Gasteiger partial charge in [0.1, 0.15) is 11.7 Å². The van der Waals surface area contributed by atoms with Gasteiger partial charge in [-0.05, 0) is 58.0 Å². The van der Waals surface area contributed by atoms with Crippen LogP contribution in [0.2, 0.25) is 5.02 Å². The largest absolute Gasteiger partial charge is 0.354 e. The van der Waals surface area contributed by atoms with Gasteiger partial charge in [0.2, 0.25) is 5.91 Å². The van der Waals surface area contributed by atoms with Gasteiger partial charge in [-0.2, -0.15) is 5.10 Å². The molecule has 1 N–H and O–H groups in total. The number of nitrogens with one attached hydrogen (secondary N) is 1. The minimum Gasteiger partial charge on any atom is -0.354 e. The molecule has 4 rings (SSSR count). The normalized spacial score (nSPS) is 15.9. The van der Waals surface area contributed by atoms with Crippen LogP contribution >= 0.6 is 11.6 Å². The van der Waals surface area contributed by atoms with E-state index in [4.69, 9.17) is 16.7 Å². The molecule has 1 fully saturated rings. The maximum atomic E-state index is 12.9. The number of hydrogen-bond donors (Lipinski definition) is 1. The smallest absolute Gasteiger partial charge is 0.244 e. The van der Waals surface area contributed by atoms with E-state index in [1.807, 2.05) is 60.1 Å². The van der Waals surface area contributed by atoms with E-state index in [9.17, 15) is 4.79 Å². The number of nitrogens with zero attached hydrogens (tertiary/aromatic N) is 3. The van der Waals surface area contributed by atoms with Gasteiger partial charge in [-0.15, -0.1) is 0 Å². The van der Waals surface area contributed by atoms with Crippen molar-refractivity contribution in [2.24, 2.45) is 0 Å². The average Bonchev–Trinajstić information content (AvgIpc) is 3.20. The highest BCUT2D eigenvalue weighted by molar-refractivity contribution is 6.31. The maximum absolute atomic E-state index is 12.9. The molecule has 6 heteroatoms. The summed E-state index contributed by atoms with van der Waals surface area (Å²) in [5.41, 5.74) is 2.77. The summed E-state index contributed by atoms with van der Waals surface area (Å²) in [5.74, 6) is -0.00992. The number of fused-ring (bicyclic) bond motifs is 1. The van der Waals surface area contributed by atoms with E-state index in [1.165, 1.54) is 32.1 Å². The van der Waals surface area contributed by atoms with E-state index in [0.717, 1.165) is 35.1 Å². The van der Waals surface area contributed by atoms with E-state index in [1.54, 1.807) is 0 Å². The molecule has 1 aromatic heterocycles. The Bertz CT molecular complexity index is 1040. The van der Waals surface area contributed by atoms with Crippen LogP contribution in [0.5, 0.6) is 0 Å². The molecular formula is C26H33ClN4O. The SMILES string of the molecule is C[C@H](C(=O)NCCCN(C)C1CCCCC1)n1nc(-c2ccccc2)c2cc(Cl)ccc21. The Morgan fingerprint density at radius 3 is 2.69 bits per heavy atom. The second-order valence-corrected chi connectivity index (χ2v) is 9.35. The van der Waals surface area contributed by atoms with Gasteiger partial charge in [-0.1, -0.05) is 61.2 Å². The molecule has 2 aromatic carbocycles. The molecule has 0 bridgehead atoms. The molecule has 0 radical (unpaired) electrons. The van der Waals surface area contributed by atoms with Crippen molar-refractivity contribution in [2.45, 2.75) is 57.5 Å². The van der Waals surface area contributed by atoms with Crippen molar-refractivity contribution < 1.29 is 4.79 Å². The van der Waals surface area contributed by atoms with Crippen LogP contribution in [0.1, 0.15) is 51.5 Å². The van der Waals surface area contributed by atoms with Crippen molar-refractivity contribution in [3.63, 3.8) is 0 Å². The van der Waals surface area contributed by atoms with Crippen LogP contribution in [-0.2, 0) is 4.79 Å². The molecule has 0 aliphatic heterocycles. The summed E-state index contributed by atoms with van der Waals surface area (Å²) in [4.78, 5) is 15.4. The summed E-state index contributed by atoms with van der Waals surface area (Å²) in [7, 11) is 2.21. The number of carbonyl (C=O) groups is 1. The molecule has 0 unspecified atom stereocenters. The number of rotatable bonds is 8. The lowest BCUT2D eigenvalue weighted by Crippen LogP contribution is -2.37. The lowest BCUT2D eigenvalue weighted by Gasteiger charge is -2.31. The minimum atomic E-state index is -0.410. The fourth-order valence-corrected chi connectivity index (χ4v) is 4.89. The monoisotopic (exact) mass is 452 g/mol. The molecule has 1 saturated carbocycles. The molecule has 5 nitrogen and oxygen atoms in total. The first-order valence-electron chi connectivity index (χ1n) is 11.8. The average molecular weight is 453 g/mol. The van der Waals surface area contributed by atoms with Crippen LogP contribution < -0.4 is 5.32 Å². The predicted octanol–water partition coefficient (Wildman–Crippen LogP) is 5.69. The highest BCUT2D eigenvalue weighted by atomic mass is 35.5. The quantitative estimate of drug-likeness (QED) is 0.447. The van der Waals surface area contributed by atoms with E-state index < -0.39 is 6.04 Å². The van der Waals surface area contributed by atoms with E-state index in [2.05, 4.69) is 17.3 Å². The molecule has 170 valence electrons. The number of carbonyl (C=O) groups excluding carboxylic acids is 1. The van der Waals surface area contributed by atoms with Crippen LogP contribution in [0.15, 0.2) is 48.5 Å². The molecular weight excluding hydrogens is 420 g/mol. The van der Waals surface area contributed by atoms with Gasteiger partial charge in [0.05, 0.1) is 5.52 Å². The number of aromatic nitrogens is 2. The molecule has 0 spiro atoms. The molecule has 1 atom stereocenters. The zero-order chi connectivity index (χ0) is 22.5. The van der Waals surface area contributed by atoms with Crippen molar-refractivity contribution in [3.8, 4) is 11.3 Å². The van der Waals surface area contributed by atoms with E-state index >= 15 is 0 Å². The second kappa shape index (κ2) is 10.5. The Balaban J connectivity index is 1.42. The van der Waals surface area contributed by atoms with E-state index in [-0.39, 0.29) is 5.91 Å². The van der Waals surface area contributed by atoms with Gasteiger partial charge in [-0.3, -0.25) is 9.48 Å². The number of amides is 1. The van der Waals surface area contributed by atoms with Crippen LogP contribution in [0, 0.1) is 0 Å². The minimum absolute atomic E-state index is 0.00992. The van der Waals surface area contributed by atoms with Gasteiger partial charge in [0.15, 0.2) is 0 Å². The third-order valence-electron chi connectivity index (χ3n) is 6.65. The topological polar surface area (TPSA) is 50.2 Å². The lowest BCUT2D eigenvalue weighted by atomic mass is 9.94. The predicted molar refractivity (Wildman–Crippen MR) is 132 cm³/mol. The third-order valence-corrected chi connectivity index (χ3v) is 6.88. The van der Waals surface area contributed by atoms with E-state index in [0.29, 0.717) is 17.6 Å². The Morgan fingerprint density at radius 2 is 1.94 bits per heavy atom. The number of halogens is 1. The summed E-state index contributed by atoms with van der Waals surface area (Å²) in [6.45, 7) is 3.59. The number of benzene rings is 2. The summed E-state index contributed by atoms with van der Waals surface area (Å²) < 4.78 is 1.82. The zero-order valence-corrected chi connectivity index (χ0v) is 19.8. The Morgan fingerprint density at radius 1 is 1.19 bits per heavy atom. The van der Waals surface area contributed by atoms with Crippen LogP contribution in [0.25, 0.3) is 22.2 Å². The molecule has 3 aromatic rings. The van der Waals surface area contributed by atoms with Crippen molar-refractivity contribution in [3.05, 3.63) is 53.6 Å². The Kier molecular flexibility index (Phi) is 7.48. The van der Waals surface area contributed by atoms with Gasteiger partial charge < -0.3 is 10.2 Å². The summed E-state index contributed by atoms with van der Waals surface area (Å²) >= 11 is 6.28. The Hall–Kier alpha value is -2.37. The van der Waals surface area contributed by atoms with Gasteiger partial charge in [-0.25, -0.2) is 0 Å². The fourth-order valence-electron chi connectivity index (χ4n) is 4.72. The number of hydrogen-bond acceptors (Lipinski definition) is 3. The first kappa shape index (κ1) is 22.8. The van der Waals surface area contributed by atoms with Crippen LogP contribution in [-0.4, -0.2) is 46.8 Å².